The molecule has 25 heavy (non-hydrogen) atoms. The number of aliphatic imine (C=N–C) groups is 1. The summed E-state index contributed by atoms with van der Waals surface area (Å²) in [7, 11) is 5.92. The second-order valence-electron chi connectivity index (χ2n) is 6.60. The van der Waals surface area contributed by atoms with Gasteiger partial charge >= 0.3 is 0 Å². The second-order valence-corrected chi connectivity index (χ2v) is 6.60. The molecule has 2 rings (SSSR count). The van der Waals surface area contributed by atoms with Gasteiger partial charge in [0.05, 0.1) is 7.11 Å². The fraction of sp³-hybridized carbons (Fsp3) is 0.632. The molecule has 1 fully saturated rings. The molecule has 1 atom stereocenters. The second kappa shape index (κ2) is 11.6. The number of benzene rings is 1. The first-order valence-electron chi connectivity index (χ1n) is 8.96. The van der Waals surface area contributed by atoms with Gasteiger partial charge in [0, 0.05) is 32.1 Å². The number of hydrogen-bond acceptors (Lipinski definition) is 3. The van der Waals surface area contributed by atoms with Crippen LogP contribution in [0.25, 0.3) is 0 Å². The monoisotopic (exact) mass is 460 g/mol. The first-order chi connectivity index (χ1) is 11.6. The third-order valence-corrected chi connectivity index (χ3v) is 4.43. The van der Waals surface area contributed by atoms with Gasteiger partial charge in [-0.1, -0.05) is 12.1 Å². The van der Waals surface area contributed by atoms with Crippen molar-refractivity contribution < 1.29 is 4.74 Å². The number of hydrogen-bond donors (Lipinski definition) is 1. The zero-order valence-electron chi connectivity index (χ0n) is 16.0. The molecule has 1 N–H and O–H groups in total. The van der Waals surface area contributed by atoms with E-state index in [0.29, 0.717) is 5.92 Å². The Morgan fingerprint density at radius 2 is 2.04 bits per heavy atom. The molecule has 5 nitrogen and oxygen atoms in total. The highest BCUT2D eigenvalue weighted by atomic mass is 127. The molecule has 1 unspecified atom stereocenters. The van der Waals surface area contributed by atoms with Crippen LogP contribution in [0.3, 0.4) is 0 Å². The molecule has 0 amide bonds. The van der Waals surface area contributed by atoms with E-state index in [1.807, 2.05) is 0 Å². The van der Waals surface area contributed by atoms with Gasteiger partial charge in [0.15, 0.2) is 5.96 Å². The Morgan fingerprint density at radius 3 is 2.64 bits per heavy atom. The van der Waals surface area contributed by atoms with E-state index < -0.39 is 0 Å². The quantitative estimate of drug-likeness (QED) is 0.294. The topological polar surface area (TPSA) is 40.1 Å². The fourth-order valence-corrected chi connectivity index (χ4v) is 3.10. The first-order valence-corrected chi connectivity index (χ1v) is 8.96. The maximum Gasteiger partial charge on any atom is 0.193 e. The van der Waals surface area contributed by atoms with Crippen LogP contribution in [0.4, 0.5) is 0 Å². The molecule has 1 saturated heterocycles. The van der Waals surface area contributed by atoms with Gasteiger partial charge in [0.2, 0.25) is 0 Å². The lowest BCUT2D eigenvalue weighted by molar-refractivity contribution is 0.402. The average Bonchev–Trinajstić information content (AvgIpc) is 3.07. The van der Waals surface area contributed by atoms with Crippen LogP contribution in [0.2, 0.25) is 0 Å². The van der Waals surface area contributed by atoms with Crippen LogP contribution in [-0.2, 0) is 0 Å². The Bertz CT molecular complexity index is 519. The standard InChI is InChI=1S/C19H32N4O.HI/c1-5-20-19(21-12-6-13-22(2)3)23-14-11-17(15-23)16-7-9-18(24-4)10-8-16;/h7-10,17H,5-6,11-15H2,1-4H3,(H,20,21);1H. The maximum absolute atomic E-state index is 5.25. The molecule has 142 valence electrons. The largest absolute Gasteiger partial charge is 0.497 e. The number of rotatable bonds is 7. The molecular weight excluding hydrogens is 427 g/mol. The minimum atomic E-state index is 0. The van der Waals surface area contributed by atoms with Crippen molar-refractivity contribution in [3.8, 4) is 5.75 Å². The predicted octanol–water partition coefficient (Wildman–Crippen LogP) is 3.02. The number of nitrogens with one attached hydrogen (secondary N) is 1. The highest BCUT2D eigenvalue weighted by Gasteiger charge is 2.25. The van der Waals surface area contributed by atoms with Crippen molar-refractivity contribution in [2.45, 2.75) is 25.7 Å². The summed E-state index contributed by atoms with van der Waals surface area (Å²) in [5, 5.41) is 3.45. The molecule has 1 aliphatic heterocycles. The molecule has 0 spiro atoms. The van der Waals surface area contributed by atoms with Crippen LogP contribution in [0.1, 0.15) is 31.2 Å². The van der Waals surface area contributed by atoms with Crippen LogP contribution in [-0.4, -0.2) is 69.7 Å². The molecular formula is C19H33IN4O. The lowest BCUT2D eigenvalue weighted by Gasteiger charge is -2.22. The SMILES string of the molecule is CCNC(=NCCCN(C)C)N1CCC(c2ccc(OC)cc2)C1.I. The zero-order valence-corrected chi connectivity index (χ0v) is 18.3. The van der Waals surface area contributed by atoms with E-state index in [0.717, 1.165) is 50.9 Å². The van der Waals surface area contributed by atoms with Gasteiger partial charge in [-0.15, -0.1) is 24.0 Å². The third-order valence-electron chi connectivity index (χ3n) is 4.43. The van der Waals surface area contributed by atoms with Gasteiger partial charge in [-0.3, -0.25) is 4.99 Å². The summed E-state index contributed by atoms with van der Waals surface area (Å²) < 4.78 is 5.25. The van der Waals surface area contributed by atoms with E-state index in [4.69, 9.17) is 9.73 Å². The molecule has 1 aromatic rings. The summed E-state index contributed by atoms with van der Waals surface area (Å²) in [6.45, 7) is 7.10. The number of halogens is 1. The van der Waals surface area contributed by atoms with E-state index in [2.05, 4.69) is 60.4 Å². The highest BCUT2D eigenvalue weighted by Crippen LogP contribution is 2.28. The molecule has 1 aliphatic rings. The summed E-state index contributed by atoms with van der Waals surface area (Å²) in [6.07, 6.45) is 2.27. The van der Waals surface area contributed by atoms with E-state index in [9.17, 15) is 0 Å². The maximum atomic E-state index is 5.25. The van der Waals surface area contributed by atoms with Crippen LogP contribution in [0.15, 0.2) is 29.3 Å². The van der Waals surface area contributed by atoms with Gasteiger partial charge in [0.25, 0.3) is 0 Å². The normalized spacial score (nSPS) is 17.6. The van der Waals surface area contributed by atoms with Crippen molar-refractivity contribution in [2.24, 2.45) is 4.99 Å². The van der Waals surface area contributed by atoms with Crippen LogP contribution in [0.5, 0.6) is 5.75 Å². The Balaban J connectivity index is 0.00000312. The van der Waals surface area contributed by atoms with E-state index in [1.165, 1.54) is 12.0 Å². The highest BCUT2D eigenvalue weighted by molar-refractivity contribution is 14.0. The predicted molar refractivity (Wildman–Crippen MR) is 116 cm³/mol. The van der Waals surface area contributed by atoms with Crippen molar-refractivity contribution >= 4 is 29.9 Å². The minimum absolute atomic E-state index is 0. The number of likely N-dealkylation sites (tertiary alicyclic amines) is 1. The summed E-state index contributed by atoms with van der Waals surface area (Å²) in [5.41, 5.74) is 1.39. The summed E-state index contributed by atoms with van der Waals surface area (Å²) in [6, 6.07) is 8.49. The number of nitrogens with zero attached hydrogens (tertiary/aromatic N) is 3. The van der Waals surface area contributed by atoms with Gasteiger partial charge in [-0.25, -0.2) is 0 Å². The average molecular weight is 460 g/mol. The molecule has 0 aromatic heterocycles. The molecule has 6 heteroatoms. The summed E-state index contributed by atoms with van der Waals surface area (Å²) >= 11 is 0. The van der Waals surface area contributed by atoms with E-state index >= 15 is 0 Å². The molecule has 0 radical (unpaired) electrons. The van der Waals surface area contributed by atoms with Crippen LogP contribution < -0.4 is 10.1 Å². The summed E-state index contributed by atoms with van der Waals surface area (Å²) in [4.78, 5) is 9.41. The molecule has 1 aromatic carbocycles. The van der Waals surface area contributed by atoms with Crippen molar-refractivity contribution in [1.82, 2.24) is 15.1 Å². The van der Waals surface area contributed by atoms with Crippen molar-refractivity contribution in [2.75, 3.05) is 53.9 Å². The lowest BCUT2D eigenvalue weighted by Crippen LogP contribution is -2.40. The third kappa shape index (κ3) is 7.01. The first kappa shape index (κ1) is 22.0. The van der Waals surface area contributed by atoms with Gasteiger partial charge in [-0.05, 0) is 58.1 Å². The summed E-state index contributed by atoms with van der Waals surface area (Å²) in [5.74, 6) is 2.55. The minimum Gasteiger partial charge on any atom is -0.497 e. The Morgan fingerprint density at radius 1 is 1.32 bits per heavy atom. The molecule has 0 aliphatic carbocycles. The number of methoxy groups -OCH3 is 1. The molecule has 1 heterocycles. The van der Waals surface area contributed by atoms with Crippen molar-refractivity contribution in [3.63, 3.8) is 0 Å². The van der Waals surface area contributed by atoms with Crippen LogP contribution in [0, 0.1) is 0 Å². The lowest BCUT2D eigenvalue weighted by atomic mass is 9.98. The Kier molecular flexibility index (Phi) is 10.2. The van der Waals surface area contributed by atoms with Crippen molar-refractivity contribution in [1.29, 1.82) is 0 Å². The van der Waals surface area contributed by atoms with Crippen LogP contribution >= 0.6 is 24.0 Å². The van der Waals surface area contributed by atoms with E-state index in [-0.39, 0.29) is 24.0 Å². The van der Waals surface area contributed by atoms with Crippen molar-refractivity contribution in [3.05, 3.63) is 29.8 Å². The Hall–Kier alpha value is -1.02. The van der Waals surface area contributed by atoms with Gasteiger partial charge in [-0.2, -0.15) is 0 Å². The van der Waals surface area contributed by atoms with Gasteiger partial charge < -0.3 is 19.9 Å². The smallest absolute Gasteiger partial charge is 0.193 e. The Labute approximate surface area is 169 Å². The fourth-order valence-electron chi connectivity index (χ4n) is 3.10. The zero-order chi connectivity index (χ0) is 17.4. The van der Waals surface area contributed by atoms with Gasteiger partial charge in [0.1, 0.15) is 5.75 Å². The molecule has 0 saturated carbocycles. The molecule has 0 bridgehead atoms. The number of ether oxygens (including phenoxy) is 1. The van der Waals surface area contributed by atoms with E-state index in [1.54, 1.807) is 7.11 Å². The number of guanidine groups is 1.